The number of carbonyl (C=O) groups is 3. The van der Waals surface area contributed by atoms with Crippen LogP contribution in [-0.4, -0.2) is 34.6 Å². The topological polar surface area (TPSA) is 108 Å². The van der Waals surface area contributed by atoms with Crippen LogP contribution in [0.25, 0.3) is 0 Å². The fraction of sp³-hybridized carbons (Fsp3) is 0.571. The number of rotatable bonds is 6. The molecule has 152 valence electrons. The molecule has 0 aliphatic heterocycles. The number of carboxylic acids is 1. The Kier molecular flexibility index (Phi) is 6.54. The summed E-state index contributed by atoms with van der Waals surface area (Å²) < 4.78 is 0. The molecule has 2 fully saturated rings. The molecule has 2 saturated carbocycles. The number of amides is 3. The largest absolute Gasteiger partial charge is 0.481 e. The van der Waals surface area contributed by atoms with E-state index in [1.165, 1.54) is 0 Å². The fourth-order valence-electron chi connectivity index (χ4n) is 4.24. The van der Waals surface area contributed by atoms with Crippen molar-refractivity contribution in [3.63, 3.8) is 0 Å². The van der Waals surface area contributed by atoms with Crippen molar-refractivity contribution in [1.82, 2.24) is 16.0 Å². The van der Waals surface area contributed by atoms with Gasteiger partial charge in [-0.15, -0.1) is 0 Å². The van der Waals surface area contributed by atoms with Crippen LogP contribution in [0, 0.1) is 5.92 Å². The van der Waals surface area contributed by atoms with Gasteiger partial charge >= 0.3 is 12.0 Å². The third-order valence-corrected chi connectivity index (χ3v) is 5.95. The van der Waals surface area contributed by atoms with Crippen LogP contribution in [0.3, 0.4) is 0 Å². The van der Waals surface area contributed by atoms with Crippen molar-refractivity contribution in [3.8, 4) is 0 Å². The van der Waals surface area contributed by atoms with Gasteiger partial charge in [0.2, 0.25) is 5.91 Å². The average Bonchev–Trinajstić information content (AvgIpc) is 3.17. The number of carbonyl (C=O) groups excluding carboxylic acids is 2. The Hall–Kier alpha value is -2.57. The zero-order chi connectivity index (χ0) is 20.0. The van der Waals surface area contributed by atoms with Crippen LogP contribution in [0.1, 0.15) is 56.9 Å². The molecule has 0 atom stereocenters. The summed E-state index contributed by atoms with van der Waals surface area (Å²) in [6.45, 7) is 0.406. The normalized spacial score (nSPS) is 23.6. The lowest BCUT2D eigenvalue weighted by Crippen LogP contribution is -2.60. The molecular formula is C21H29N3O4. The number of urea groups is 1. The zero-order valence-corrected chi connectivity index (χ0v) is 16.1. The maximum absolute atomic E-state index is 13.0. The summed E-state index contributed by atoms with van der Waals surface area (Å²) in [7, 11) is 0. The molecule has 1 aromatic rings. The zero-order valence-electron chi connectivity index (χ0n) is 16.1. The van der Waals surface area contributed by atoms with Gasteiger partial charge in [-0.3, -0.25) is 9.59 Å². The van der Waals surface area contributed by atoms with E-state index in [-0.39, 0.29) is 23.9 Å². The molecule has 28 heavy (non-hydrogen) atoms. The number of hydrogen-bond donors (Lipinski definition) is 4. The molecule has 4 N–H and O–H groups in total. The van der Waals surface area contributed by atoms with Crippen molar-refractivity contribution in [2.45, 2.75) is 69.5 Å². The van der Waals surface area contributed by atoms with E-state index in [2.05, 4.69) is 16.0 Å². The lowest BCUT2D eigenvalue weighted by molar-refractivity contribution is -0.142. The van der Waals surface area contributed by atoms with Crippen molar-refractivity contribution < 1.29 is 19.5 Å². The van der Waals surface area contributed by atoms with Crippen molar-refractivity contribution in [3.05, 3.63) is 35.9 Å². The Morgan fingerprint density at radius 1 is 1.00 bits per heavy atom. The SMILES string of the molecule is O=C(NCc1ccccc1)NC1(C(=O)NC2CCC(C(=O)O)CC2)CCCC1. The standard InChI is InChI=1S/C21H29N3O4/c25-18(26)16-8-10-17(11-9-16)23-19(27)21(12-4-5-13-21)24-20(28)22-14-15-6-2-1-3-7-15/h1-3,6-7,16-17H,4-5,8-14H2,(H,23,27)(H,25,26)(H2,22,24,28). The minimum absolute atomic E-state index is 0.0187. The van der Waals surface area contributed by atoms with Crippen LogP contribution in [0.15, 0.2) is 30.3 Å². The summed E-state index contributed by atoms with van der Waals surface area (Å²) in [6.07, 6.45) is 5.55. The summed E-state index contributed by atoms with van der Waals surface area (Å²) in [5.74, 6) is -1.21. The van der Waals surface area contributed by atoms with Gasteiger partial charge in [0.15, 0.2) is 0 Å². The first-order valence-corrected chi connectivity index (χ1v) is 10.1. The van der Waals surface area contributed by atoms with Crippen molar-refractivity contribution in [1.29, 1.82) is 0 Å². The van der Waals surface area contributed by atoms with Crippen molar-refractivity contribution in [2.75, 3.05) is 0 Å². The predicted molar refractivity (Wildman–Crippen MR) is 105 cm³/mol. The highest BCUT2D eigenvalue weighted by molar-refractivity contribution is 5.91. The minimum Gasteiger partial charge on any atom is -0.481 e. The molecule has 3 rings (SSSR count). The molecule has 3 amide bonds. The number of hydrogen-bond acceptors (Lipinski definition) is 3. The van der Waals surface area contributed by atoms with Crippen LogP contribution in [0.5, 0.6) is 0 Å². The van der Waals surface area contributed by atoms with Crippen LogP contribution in [0.4, 0.5) is 4.79 Å². The first kappa shape index (κ1) is 20.2. The van der Waals surface area contributed by atoms with Gasteiger partial charge in [-0.05, 0) is 44.1 Å². The Morgan fingerprint density at radius 3 is 2.25 bits per heavy atom. The second-order valence-electron chi connectivity index (χ2n) is 7.94. The third-order valence-electron chi connectivity index (χ3n) is 5.95. The average molecular weight is 387 g/mol. The van der Waals surface area contributed by atoms with Crippen LogP contribution >= 0.6 is 0 Å². The summed E-state index contributed by atoms with van der Waals surface area (Å²) in [6, 6.07) is 9.27. The van der Waals surface area contributed by atoms with Crippen LogP contribution in [-0.2, 0) is 16.1 Å². The Morgan fingerprint density at radius 2 is 1.64 bits per heavy atom. The maximum atomic E-state index is 13.0. The third kappa shape index (κ3) is 5.03. The highest BCUT2D eigenvalue weighted by Gasteiger charge is 2.43. The van der Waals surface area contributed by atoms with Gasteiger partial charge in [0.05, 0.1) is 5.92 Å². The molecule has 7 heteroatoms. The van der Waals surface area contributed by atoms with Gasteiger partial charge < -0.3 is 21.1 Å². The molecule has 0 radical (unpaired) electrons. The molecule has 0 heterocycles. The summed E-state index contributed by atoms with van der Waals surface area (Å²) in [5, 5.41) is 17.9. The second kappa shape index (κ2) is 9.08. The molecule has 1 aromatic carbocycles. The molecule has 0 bridgehead atoms. The molecule has 0 saturated heterocycles. The predicted octanol–water partition coefficient (Wildman–Crippen LogP) is 2.56. The molecule has 2 aliphatic carbocycles. The number of benzene rings is 1. The van der Waals surface area contributed by atoms with E-state index in [1.807, 2.05) is 30.3 Å². The monoisotopic (exact) mass is 387 g/mol. The first-order chi connectivity index (χ1) is 13.5. The van der Waals surface area contributed by atoms with E-state index >= 15 is 0 Å². The van der Waals surface area contributed by atoms with E-state index in [0.29, 0.717) is 45.1 Å². The summed E-state index contributed by atoms with van der Waals surface area (Å²) in [5.41, 5.74) is 0.127. The second-order valence-corrected chi connectivity index (χ2v) is 7.94. The number of nitrogens with one attached hydrogen (secondary N) is 3. The number of carboxylic acid groups (broad SMARTS) is 1. The van der Waals surface area contributed by atoms with E-state index in [9.17, 15) is 14.4 Å². The Bertz CT molecular complexity index is 693. The molecular weight excluding hydrogens is 358 g/mol. The van der Waals surface area contributed by atoms with Crippen LogP contribution < -0.4 is 16.0 Å². The maximum Gasteiger partial charge on any atom is 0.315 e. The Balaban J connectivity index is 1.53. The molecule has 0 aromatic heterocycles. The van der Waals surface area contributed by atoms with Gasteiger partial charge in [0, 0.05) is 12.6 Å². The lowest BCUT2D eigenvalue weighted by atomic mass is 9.85. The Labute approximate surface area is 165 Å². The van der Waals surface area contributed by atoms with Crippen LogP contribution in [0.2, 0.25) is 0 Å². The van der Waals surface area contributed by atoms with E-state index < -0.39 is 11.5 Å². The molecule has 0 spiro atoms. The van der Waals surface area contributed by atoms with Gasteiger partial charge in [-0.2, -0.15) is 0 Å². The van der Waals surface area contributed by atoms with Gasteiger partial charge in [-0.25, -0.2) is 4.79 Å². The van der Waals surface area contributed by atoms with E-state index in [0.717, 1.165) is 18.4 Å². The van der Waals surface area contributed by atoms with Gasteiger partial charge in [-0.1, -0.05) is 43.2 Å². The van der Waals surface area contributed by atoms with E-state index in [1.54, 1.807) is 0 Å². The van der Waals surface area contributed by atoms with Crippen molar-refractivity contribution >= 4 is 17.9 Å². The number of aliphatic carboxylic acids is 1. The molecule has 7 nitrogen and oxygen atoms in total. The fourth-order valence-corrected chi connectivity index (χ4v) is 4.24. The lowest BCUT2D eigenvalue weighted by Gasteiger charge is -2.33. The van der Waals surface area contributed by atoms with Crippen molar-refractivity contribution in [2.24, 2.45) is 5.92 Å². The molecule has 0 unspecified atom stereocenters. The smallest absolute Gasteiger partial charge is 0.315 e. The molecule has 2 aliphatic rings. The minimum atomic E-state index is -0.871. The summed E-state index contributed by atoms with van der Waals surface area (Å²) in [4.78, 5) is 36.5. The highest BCUT2D eigenvalue weighted by Crippen LogP contribution is 2.31. The van der Waals surface area contributed by atoms with Gasteiger partial charge in [0.25, 0.3) is 0 Å². The van der Waals surface area contributed by atoms with E-state index in [4.69, 9.17) is 5.11 Å². The highest BCUT2D eigenvalue weighted by atomic mass is 16.4. The summed E-state index contributed by atoms with van der Waals surface area (Å²) >= 11 is 0. The van der Waals surface area contributed by atoms with Gasteiger partial charge in [0.1, 0.15) is 5.54 Å². The quantitative estimate of drug-likeness (QED) is 0.602. The first-order valence-electron chi connectivity index (χ1n) is 10.1.